The van der Waals surface area contributed by atoms with E-state index >= 15 is 0 Å². The number of carbonyl (C=O) groups excluding carboxylic acids is 1. The van der Waals surface area contributed by atoms with Gasteiger partial charge in [0.25, 0.3) is 0 Å². The Hall–Kier alpha value is -0.810. The molecule has 0 aromatic rings. The Labute approximate surface area is 363 Å². The summed E-state index contributed by atoms with van der Waals surface area (Å²) in [4.78, 5) is 15.4. The van der Waals surface area contributed by atoms with Gasteiger partial charge in [-0.3, -0.25) is 4.79 Å². The molecule has 0 aromatic carbocycles. The minimum Gasteiger partial charge on any atom is -0.394 e. The molecule has 2 aliphatic rings. The van der Waals surface area contributed by atoms with Crippen molar-refractivity contribution in [3.63, 3.8) is 0 Å². The number of unbranched alkanes of at least 4 members (excludes halogenated alkanes) is 33. The van der Waals surface area contributed by atoms with E-state index in [9.17, 15) is 30.3 Å². The highest BCUT2D eigenvalue weighted by Gasteiger charge is 2.51. The normalized spacial score (nSPS) is 24.5. The largest absolute Gasteiger partial charge is 0.394 e. The van der Waals surface area contributed by atoms with Crippen molar-refractivity contribution in [2.24, 2.45) is 0 Å². The average Bonchev–Trinajstić information content (AvgIpc) is 3.24. The lowest BCUT2D eigenvalue weighted by atomic mass is 9.85. The van der Waals surface area contributed by atoms with E-state index in [-0.39, 0.29) is 18.6 Å². The van der Waals surface area contributed by atoms with Gasteiger partial charge < -0.3 is 39.9 Å². The maximum atomic E-state index is 13.6. The van der Waals surface area contributed by atoms with Crippen LogP contribution in [0.2, 0.25) is 0 Å². The molecule has 2 aliphatic heterocycles. The first-order valence-corrected chi connectivity index (χ1v) is 25.8. The van der Waals surface area contributed by atoms with Crippen LogP contribution in [-0.2, 0) is 14.3 Å². The van der Waals surface area contributed by atoms with Crippen molar-refractivity contribution in [1.82, 2.24) is 4.90 Å². The SMILES string of the molecule is CCCCCCCCCCCCCCCCCCCCCCCCCC(=O)N1[C@H](CCCCCCCCCCCCCC)[C@@H](O)[C@@H]1CO[C@H]1O[C@H](CO)[C@H](O)[C@H](O)[C@H]1O. The molecule has 0 spiro atoms. The summed E-state index contributed by atoms with van der Waals surface area (Å²) < 4.78 is 11.3. The van der Waals surface area contributed by atoms with Crippen LogP contribution in [0.5, 0.6) is 0 Å². The maximum Gasteiger partial charge on any atom is 0.223 e. The molecule has 0 saturated carbocycles. The minimum absolute atomic E-state index is 0.0325. The van der Waals surface area contributed by atoms with Crippen LogP contribution in [0.4, 0.5) is 0 Å². The predicted molar refractivity (Wildman–Crippen MR) is 242 cm³/mol. The molecule has 8 atom stereocenters. The molecule has 9 nitrogen and oxygen atoms in total. The van der Waals surface area contributed by atoms with E-state index in [1.54, 1.807) is 4.90 Å². The zero-order valence-corrected chi connectivity index (χ0v) is 38.6. The molecule has 0 aliphatic carbocycles. The number of amides is 1. The van der Waals surface area contributed by atoms with Crippen LogP contribution in [0.25, 0.3) is 0 Å². The fourth-order valence-corrected chi connectivity index (χ4v) is 9.37. The van der Waals surface area contributed by atoms with Crippen molar-refractivity contribution in [2.45, 2.75) is 300 Å². The predicted octanol–water partition coefficient (Wildman–Crippen LogP) is 11.2. The van der Waals surface area contributed by atoms with E-state index in [4.69, 9.17) is 9.47 Å². The van der Waals surface area contributed by atoms with Crippen molar-refractivity contribution in [1.29, 1.82) is 0 Å². The molecule has 9 heteroatoms. The summed E-state index contributed by atoms with van der Waals surface area (Å²) in [6.45, 7) is 3.94. The Morgan fingerprint density at radius 1 is 0.458 bits per heavy atom. The molecule has 0 bridgehead atoms. The number of aliphatic hydroxyl groups is 5. The highest BCUT2D eigenvalue weighted by Crippen LogP contribution is 2.33. The summed E-state index contributed by atoms with van der Waals surface area (Å²) in [6, 6.07) is -0.819. The smallest absolute Gasteiger partial charge is 0.223 e. The molecule has 0 aromatic heterocycles. The van der Waals surface area contributed by atoms with Crippen molar-refractivity contribution < 1.29 is 39.8 Å². The van der Waals surface area contributed by atoms with Gasteiger partial charge in [0, 0.05) is 6.42 Å². The fraction of sp³-hybridized carbons (Fsp3) is 0.980. The molecule has 2 saturated heterocycles. The van der Waals surface area contributed by atoms with Gasteiger partial charge in [-0.05, 0) is 12.8 Å². The lowest BCUT2D eigenvalue weighted by Crippen LogP contribution is -2.71. The standard InChI is InChI=1S/C50H97NO8/c1-3-5-7-9-11-13-15-17-18-19-20-21-22-23-24-25-26-27-29-31-33-35-37-39-45(53)51-42(38-36-34-32-30-28-16-14-12-10-8-6-4-2)46(54)43(51)41-58-50-49(57)48(56)47(55)44(40-52)59-50/h42-44,46-50,52,54-57H,3-41H2,1-2H3/t42-,43+,44-,46-,47+,48+,49-,50+/m1/s1. The van der Waals surface area contributed by atoms with Gasteiger partial charge in [-0.25, -0.2) is 0 Å². The molecular weight excluding hydrogens is 743 g/mol. The molecule has 5 N–H and O–H groups in total. The number of hydrogen-bond acceptors (Lipinski definition) is 8. The van der Waals surface area contributed by atoms with Gasteiger partial charge in [-0.1, -0.05) is 232 Å². The average molecular weight is 840 g/mol. The molecule has 2 fully saturated rings. The molecule has 0 radical (unpaired) electrons. The molecule has 2 rings (SSSR count). The summed E-state index contributed by atoms with van der Waals surface area (Å²) in [6.07, 6.45) is 39.4. The summed E-state index contributed by atoms with van der Waals surface area (Å²) in [5, 5.41) is 51.6. The fourth-order valence-electron chi connectivity index (χ4n) is 9.37. The summed E-state index contributed by atoms with van der Waals surface area (Å²) in [7, 11) is 0. The first kappa shape index (κ1) is 54.3. The zero-order valence-electron chi connectivity index (χ0n) is 38.6. The lowest BCUT2D eigenvalue weighted by molar-refractivity contribution is -0.307. The van der Waals surface area contributed by atoms with Crippen molar-refractivity contribution in [3.8, 4) is 0 Å². The number of ether oxygens (including phenoxy) is 2. The second-order valence-corrected chi connectivity index (χ2v) is 18.7. The Balaban J connectivity index is 1.58. The molecule has 1 amide bonds. The molecule has 350 valence electrons. The summed E-state index contributed by atoms with van der Waals surface area (Å²) in [5.74, 6) is 0.0325. The Bertz CT molecular complexity index is 954. The Kier molecular flexibility index (Phi) is 33.7. The quantitative estimate of drug-likeness (QED) is 0.0384. The van der Waals surface area contributed by atoms with Gasteiger partial charge in [0.05, 0.1) is 31.4 Å². The van der Waals surface area contributed by atoms with Crippen molar-refractivity contribution >= 4 is 5.91 Å². The van der Waals surface area contributed by atoms with Crippen molar-refractivity contribution in [3.05, 3.63) is 0 Å². The van der Waals surface area contributed by atoms with Crippen LogP contribution >= 0.6 is 0 Å². The van der Waals surface area contributed by atoms with Gasteiger partial charge in [0.1, 0.15) is 24.4 Å². The zero-order chi connectivity index (χ0) is 42.8. The molecular formula is C50H97NO8. The van der Waals surface area contributed by atoms with Gasteiger partial charge >= 0.3 is 0 Å². The van der Waals surface area contributed by atoms with E-state index in [0.717, 1.165) is 38.5 Å². The lowest BCUT2D eigenvalue weighted by Gasteiger charge is -2.53. The third-order valence-corrected chi connectivity index (χ3v) is 13.4. The van der Waals surface area contributed by atoms with E-state index in [0.29, 0.717) is 6.42 Å². The number of rotatable bonds is 41. The summed E-state index contributed by atoms with van der Waals surface area (Å²) in [5.41, 5.74) is 0. The molecule has 0 unspecified atom stereocenters. The van der Waals surface area contributed by atoms with E-state index in [1.165, 1.54) is 193 Å². The van der Waals surface area contributed by atoms with E-state index in [1.807, 2.05) is 0 Å². The second-order valence-electron chi connectivity index (χ2n) is 18.7. The van der Waals surface area contributed by atoms with Crippen molar-refractivity contribution in [2.75, 3.05) is 13.2 Å². The minimum atomic E-state index is -1.53. The Morgan fingerprint density at radius 3 is 1.19 bits per heavy atom. The van der Waals surface area contributed by atoms with Gasteiger partial charge in [-0.15, -0.1) is 0 Å². The third-order valence-electron chi connectivity index (χ3n) is 13.4. The van der Waals surface area contributed by atoms with E-state index in [2.05, 4.69) is 13.8 Å². The number of hydrogen-bond donors (Lipinski definition) is 5. The van der Waals surface area contributed by atoms with Crippen LogP contribution in [-0.4, -0.2) is 98.4 Å². The number of aliphatic hydroxyl groups excluding tert-OH is 5. The van der Waals surface area contributed by atoms with Crippen LogP contribution in [0.3, 0.4) is 0 Å². The number of likely N-dealkylation sites (tertiary alicyclic amines) is 1. The highest BCUT2D eigenvalue weighted by molar-refractivity contribution is 5.78. The van der Waals surface area contributed by atoms with Gasteiger partial charge in [0.15, 0.2) is 6.29 Å². The van der Waals surface area contributed by atoms with Crippen LogP contribution < -0.4 is 0 Å². The van der Waals surface area contributed by atoms with Gasteiger partial charge in [0.2, 0.25) is 5.91 Å². The molecule has 2 heterocycles. The molecule has 59 heavy (non-hydrogen) atoms. The maximum absolute atomic E-state index is 13.6. The van der Waals surface area contributed by atoms with Crippen LogP contribution in [0, 0.1) is 0 Å². The van der Waals surface area contributed by atoms with Crippen LogP contribution in [0.15, 0.2) is 0 Å². The highest BCUT2D eigenvalue weighted by atomic mass is 16.7. The number of nitrogens with zero attached hydrogens (tertiary/aromatic N) is 1. The Morgan fingerprint density at radius 2 is 0.814 bits per heavy atom. The first-order valence-electron chi connectivity index (χ1n) is 25.8. The third kappa shape index (κ3) is 24.0. The monoisotopic (exact) mass is 840 g/mol. The topological polar surface area (TPSA) is 140 Å². The van der Waals surface area contributed by atoms with E-state index < -0.39 is 49.5 Å². The second kappa shape index (κ2) is 36.7. The number of carbonyl (C=O) groups is 1. The summed E-state index contributed by atoms with van der Waals surface area (Å²) >= 11 is 0. The van der Waals surface area contributed by atoms with Gasteiger partial charge in [-0.2, -0.15) is 0 Å². The first-order chi connectivity index (χ1) is 28.9. The van der Waals surface area contributed by atoms with Crippen LogP contribution in [0.1, 0.15) is 251 Å².